The van der Waals surface area contributed by atoms with Crippen LogP contribution >= 0.6 is 0 Å². The van der Waals surface area contributed by atoms with Crippen LogP contribution in [0.5, 0.6) is 0 Å². The maximum absolute atomic E-state index is 12.4. The summed E-state index contributed by atoms with van der Waals surface area (Å²) in [6.07, 6.45) is 5.05. The van der Waals surface area contributed by atoms with Gasteiger partial charge in [0.2, 0.25) is 0 Å². The lowest BCUT2D eigenvalue weighted by Crippen LogP contribution is -2.03. The number of benzene rings is 1. The second-order valence-electron chi connectivity index (χ2n) is 4.52. The maximum Gasteiger partial charge on any atom is 0.416 e. The molecule has 0 spiro atoms. The molecule has 0 radical (unpaired) electrons. The van der Waals surface area contributed by atoms with Gasteiger partial charge in [-0.1, -0.05) is 30.4 Å². The Hall–Kier alpha value is -1.97. The van der Waals surface area contributed by atoms with E-state index in [1.54, 1.807) is 7.11 Å². The highest BCUT2D eigenvalue weighted by Gasteiger charge is 2.29. The molecule has 0 amide bonds. The van der Waals surface area contributed by atoms with Crippen molar-refractivity contribution in [1.29, 1.82) is 0 Å². The molecule has 0 unspecified atom stereocenters. The summed E-state index contributed by atoms with van der Waals surface area (Å²) in [6.45, 7) is 0. The molecule has 0 atom stereocenters. The second kappa shape index (κ2) is 5.99. The van der Waals surface area contributed by atoms with Gasteiger partial charge in [0, 0.05) is 6.42 Å². The Morgan fingerprint density at radius 1 is 1.05 bits per heavy atom. The Bertz CT molecular complexity index is 548. The van der Waals surface area contributed by atoms with Crippen molar-refractivity contribution in [3.05, 3.63) is 65.0 Å². The number of alkyl halides is 3. The molecule has 20 heavy (non-hydrogen) atoms. The van der Waals surface area contributed by atoms with Gasteiger partial charge >= 0.3 is 6.18 Å². The van der Waals surface area contributed by atoms with Crippen LogP contribution in [0, 0.1) is 0 Å². The van der Waals surface area contributed by atoms with Crippen molar-refractivity contribution in [2.75, 3.05) is 7.11 Å². The Labute approximate surface area is 116 Å². The van der Waals surface area contributed by atoms with E-state index in [-0.39, 0.29) is 0 Å². The summed E-state index contributed by atoms with van der Waals surface area (Å²) in [7, 11) is 1.63. The third kappa shape index (κ3) is 3.76. The van der Waals surface area contributed by atoms with Gasteiger partial charge in [-0.3, -0.25) is 0 Å². The molecule has 1 aromatic rings. The standard InChI is InChI=1S/C16H15F3O/c1-20-15-4-2-3-13(11-15)6-5-12-7-9-14(10-8-12)16(17,18)19/h3-10H,2,11H2,1H3/b6-5+. The molecule has 0 bridgehead atoms. The lowest BCUT2D eigenvalue weighted by Gasteiger charge is -2.11. The molecule has 1 aliphatic carbocycles. The number of ether oxygens (including phenoxy) is 1. The van der Waals surface area contributed by atoms with Gasteiger partial charge in [-0.25, -0.2) is 0 Å². The summed E-state index contributed by atoms with van der Waals surface area (Å²) in [4.78, 5) is 0. The van der Waals surface area contributed by atoms with Crippen LogP contribution in [-0.2, 0) is 10.9 Å². The van der Waals surface area contributed by atoms with Crippen molar-refractivity contribution in [2.45, 2.75) is 19.0 Å². The molecule has 0 saturated carbocycles. The zero-order valence-electron chi connectivity index (χ0n) is 11.1. The van der Waals surface area contributed by atoms with Gasteiger partial charge < -0.3 is 4.74 Å². The smallest absolute Gasteiger partial charge is 0.416 e. The first kappa shape index (κ1) is 14.4. The van der Waals surface area contributed by atoms with Gasteiger partial charge in [-0.15, -0.1) is 0 Å². The van der Waals surface area contributed by atoms with Crippen molar-refractivity contribution >= 4 is 6.08 Å². The fourth-order valence-electron chi connectivity index (χ4n) is 1.96. The van der Waals surface area contributed by atoms with Crippen molar-refractivity contribution in [3.63, 3.8) is 0 Å². The van der Waals surface area contributed by atoms with E-state index < -0.39 is 11.7 Å². The fourth-order valence-corrected chi connectivity index (χ4v) is 1.96. The van der Waals surface area contributed by atoms with E-state index in [0.29, 0.717) is 6.42 Å². The third-order valence-electron chi connectivity index (χ3n) is 3.09. The number of hydrogen-bond donors (Lipinski definition) is 0. The Kier molecular flexibility index (Phi) is 4.32. The Morgan fingerprint density at radius 2 is 1.75 bits per heavy atom. The summed E-state index contributed by atoms with van der Waals surface area (Å²) in [5.74, 6) is 0.916. The minimum Gasteiger partial charge on any atom is -0.501 e. The van der Waals surface area contributed by atoms with Gasteiger partial charge in [-0.05, 0) is 35.8 Å². The van der Waals surface area contributed by atoms with Crippen molar-refractivity contribution in [3.8, 4) is 0 Å². The monoisotopic (exact) mass is 280 g/mol. The van der Waals surface area contributed by atoms with Gasteiger partial charge in [-0.2, -0.15) is 13.2 Å². The zero-order valence-corrected chi connectivity index (χ0v) is 11.1. The van der Waals surface area contributed by atoms with Crippen molar-refractivity contribution in [1.82, 2.24) is 0 Å². The zero-order chi connectivity index (χ0) is 14.6. The van der Waals surface area contributed by atoms with Crippen LogP contribution in [0.25, 0.3) is 6.08 Å². The minimum absolute atomic E-state index is 0.629. The van der Waals surface area contributed by atoms with Gasteiger partial charge in [0.1, 0.15) is 0 Å². The summed E-state index contributed by atoms with van der Waals surface area (Å²) >= 11 is 0. The van der Waals surface area contributed by atoms with E-state index in [9.17, 15) is 13.2 Å². The van der Waals surface area contributed by atoms with E-state index in [4.69, 9.17) is 4.74 Å². The average Bonchev–Trinajstić information content (AvgIpc) is 2.45. The number of halogens is 3. The summed E-state index contributed by atoms with van der Waals surface area (Å²) in [6, 6.07) is 5.12. The quantitative estimate of drug-likeness (QED) is 0.759. The second-order valence-corrected chi connectivity index (χ2v) is 4.52. The van der Waals surface area contributed by atoms with Crippen molar-refractivity contribution in [2.24, 2.45) is 0 Å². The molecular weight excluding hydrogens is 265 g/mol. The number of hydrogen-bond acceptors (Lipinski definition) is 1. The van der Waals surface area contributed by atoms with Crippen LogP contribution in [0.15, 0.2) is 53.8 Å². The molecule has 0 fully saturated rings. The first-order valence-electron chi connectivity index (χ1n) is 6.26. The van der Waals surface area contributed by atoms with E-state index in [1.807, 2.05) is 18.2 Å². The van der Waals surface area contributed by atoms with Crippen LogP contribution in [0.1, 0.15) is 24.0 Å². The van der Waals surface area contributed by atoms with Crippen molar-refractivity contribution < 1.29 is 17.9 Å². The highest BCUT2D eigenvalue weighted by Crippen LogP contribution is 2.29. The topological polar surface area (TPSA) is 9.23 Å². The third-order valence-corrected chi connectivity index (χ3v) is 3.09. The number of allylic oxidation sites excluding steroid dienone is 4. The minimum atomic E-state index is -4.29. The molecule has 0 N–H and O–H groups in total. The average molecular weight is 280 g/mol. The van der Waals surface area contributed by atoms with Gasteiger partial charge in [0.05, 0.1) is 18.4 Å². The van der Waals surface area contributed by atoms with E-state index in [1.165, 1.54) is 12.1 Å². The fraction of sp³-hybridized carbons (Fsp3) is 0.250. The molecule has 2 rings (SSSR count). The van der Waals surface area contributed by atoms with Gasteiger partial charge in [0.25, 0.3) is 0 Å². The predicted molar refractivity (Wildman–Crippen MR) is 72.9 cm³/mol. The Morgan fingerprint density at radius 3 is 2.35 bits per heavy atom. The molecule has 1 nitrogen and oxygen atoms in total. The highest BCUT2D eigenvalue weighted by atomic mass is 19.4. The molecule has 1 aromatic carbocycles. The predicted octanol–water partition coefficient (Wildman–Crippen LogP) is 4.97. The van der Waals surface area contributed by atoms with Crippen LogP contribution in [0.3, 0.4) is 0 Å². The summed E-state index contributed by atoms with van der Waals surface area (Å²) in [5.41, 5.74) is 1.22. The summed E-state index contributed by atoms with van der Waals surface area (Å²) < 4.78 is 42.5. The van der Waals surface area contributed by atoms with Crippen LogP contribution in [0.2, 0.25) is 0 Å². The molecule has 1 aliphatic rings. The highest BCUT2D eigenvalue weighted by molar-refractivity contribution is 5.54. The first-order chi connectivity index (χ1) is 9.49. The van der Waals surface area contributed by atoms with Crippen LogP contribution in [0.4, 0.5) is 13.2 Å². The van der Waals surface area contributed by atoms with E-state index in [2.05, 4.69) is 6.08 Å². The van der Waals surface area contributed by atoms with Crippen LogP contribution < -0.4 is 0 Å². The SMILES string of the molecule is COC1=CCC=C(/C=C/c2ccc(C(F)(F)F)cc2)C1. The largest absolute Gasteiger partial charge is 0.501 e. The molecule has 0 saturated heterocycles. The molecular formula is C16H15F3O. The lowest BCUT2D eigenvalue weighted by atomic mass is 10.0. The first-order valence-corrected chi connectivity index (χ1v) is 6.26. The van der Waals surface area contributed by atoms with Gasteiger partial charge in [0.15, 0.2) is 0 Å². The molecule has 0 heterocycles. The molecule has 0 aromatic heterocycles. The molecule has 106 valence electrons. The van der Waals surface area contributed by atoms with Crippen LogP contribution in [-0.4, -0.2) is 7.11 Å². The van der Waals surface area contributed by atoms with E-state index >= 15 is 0 Å². The number of rotatable bonds is 3. The summed E-state index contributed by atoms with van der Waals surface area (Å²) in [5, 5.41) is 0. The van der Waals surface area contributed by atoms with E-state index in [0.717, 1.165) is 35.4 Å². The Balaban J connectivity index is 2.04. The lowest BCUT2D eigenvalue weighted by molar-refractivity contribution is -0.137. The normalized spacial score (nSPS) is 16.0. The maximum atomic E-state index is 12.4. The number of methoxy groups -OCH3 is 1. The molecule has 4 heteroatoms. The molecule has 0 aliphatic heterocycles.